The molecule has 1 unspecified atom stereocenters. The van der Waals surface area contributed by atoms with Crippen LogP contribution in [-0.2, 0) is 11.2 Å². The lowest BCUT2D eigenvalue weighted by atomic mass is 9.98. The number of nitrogens with zero attached hydrogens (tertiary/aromatic N) is 2. The molecule has 134 valence electrons. The predicted octanol–water partition coefficient (Wildman–Crippen LogP) is 3.12. The summed E-state index contributed by atoms with van der Waals surface area (Å²) in [7, 11) is 1.66. The van der Waals surface area contributed by atoms with Crippen molar-refractivity contribution in [3.63, 3.8) is 0 Å². The number of amides is 1. The number of anilines is 1. The number of methoxy groups -OCH3 is 1. The van der Waals surface area contributed by atoms with Crippen LogP contribution in [0.3, 0.4) is 0 Å². The summed E-state index contributed by atoms with van der Waals surface area (Å²) >= 11 is 1.68. The number of piperidine rings is 1. The van der Waals surface area contributed by atoms with Crippen LogP contribution >= 0.6 is 11.3 Å². The maximum absolute atomic E-state index is 12.1. The van der Waals surface area contributed by atoms with E-state index in [-0.39, 0.29) is 5.91 Å². The third kappa shape index (κ3) is 5.19. The normalized spacial score (nSPS) is 17.3. The second-order valence-corrected chi connectivity index (χ2v) is 7.29. The van der Waals surface area contributed by atoms with Crippen LogP contribution in [0, 0.1) is 5.92 Å². The van der Waals surface area contributed by atoms with Crippen LogP contribution < -0.4 is 15.0 Å². The van der Waals surface area contributed by atoms with E-state index in [0.717, 1.165) is 48.9 Å². The van der Waals surface area contributed by atoms with Gasteiger partial charge in [0.25, 0.3) is 0 Å². The molecule has 5 nitrogen and oxygen atoms in total. The molecule has 0 aliphatic carbocycles. The van der Waals surface area contributed by atoms with Gasteiger partial charge in [-0.3, -0.25) is 4.79 Å². The van der Waals surface area contributed by atoms with Crippen molar-refractivity contribution in [3.8, 4) is 5.75 Å². The first-order chi connectivity index (χ1) is 12.2. The molecule has 1 aliphatic heterocycles. The molecule has 0 spiro atoms. The van der Waals surface area contributed by atoms with E-state index in [2.05, 4.69) is 15.2 Å². The average Bonchev–Trinajstić information content (AvgIpc) is 3.20. The predicted molar refractivity (Wildman–Crippen MR) is 101 cm³/mol. The van der Waals surface area contributed by atoms with Gasteiger partial charge in [-0.25, -0.2) is 4.98 Å². The molecule has 2 heterocycles. The molecule has 0 saturated carbocycles. The number of rotatable bonds is 7. The average molecular weight is 359 g/mol. The summed E-state index contributed by atoms with van der Waals surface area (Å²) in [4.78, 5) is 18.9. The molecular weight excluding hydrogens is 334 g/mol. The van der Waals surface area contributed by atoms with Gasteiger partial charge in [0, 0.05) is 37.6 Å². The molecule has 1 fully saturated rings. The Hall–Kier alpha value is -2.08. The molecule has 0 bridgehead atoms. The van der Waals surface area contributed by atoms with Crippen LogP contribution in [0.2, 0.25) is 0 Å². The second-order valence-electron chi connectivity index (χ2n) is 6.42. The maximum atomic E-state index is 12.1. The van der Waals surface area contributed by atoms with Gasteiger partial charge in [-0.2, -0.15) is 0 Å². The van der Waals surface area contributed by atoms with E-state index in [1.165, 1.54) is 6.42 Å². The van der Waals surface area contributed by atoms with Crippen LogP contribution in [0.25, 0.3) is 0 Å². The molecule has 1 aliphatic rings. The van der Waals surface area contributed by atoms with Crippen molar-refractivity contribution < 1.29 is 9.53 Å². The number of thiazole rings is 1. The van der Waals surface area contributed by atoms with Crippen molar-refractivity contribution in [2.45, 2.75) is 25.7 Å². The fourth-order valence-electron chi connectivity index (χ4n) is 3.17. The van der Waals surface area contributed by atoms with Crippen LogP contribution in [-0.4, -0.2) is 37.6 Å². The van der Waals surface area contributed by atoms with E-state index >= 15 is 0 Å². The highest BCUT2D eigenvalue weighted by Crippen LogP contribution is 2.24. The van der Waals surface area contributed by atoms with Crippen molar-refractivity contribution in [2.75, 3.05) is 31.6 Å². The van der Waals surface area contributed by atoms with E-state index in [1.54, 1.807) is 18.4 Å². The Balaban J connectivity index is 1.39. The smallest absolute Gasteiger partial charge is 0.220 e. The highest BCUT2D eigenvalue weighted by molar-refractivity contribution is 7.13. The lowest BCUT2D eigenvalue weighted by molar-refractivity contribution is -0.121. The van der Waals surface area contributed by atoms with Crippen LogP contribution in [0.15, 0.2) is 35.8 Å². The Morgan fingerprint density at radius 2 is 2.24 bits per heavy atom. The van der Waals surface area contributed by atoms with E-state index in [1.807, 2.05) is 35.8 Å². The number of aryl methyl sites for hydroxylation is 1. The molecule has 1 atom stereocenters. The zero-order valence-corrected chi connectivity index (χ0v) is 15.4. The molecule has 6 heteroatoms. The van der Waals surface area contributed by atoms with Crippen molar-refractivity contribution in [1.29, 1.82) is 0 Å². The molecule has 1 amide bonds. The van der Waals surface area contributed by atoms with Crippen LogP contribution in [0.1, 0.15) is 24.8 Å². The molecule has 2 aromatic rings. The summed E-state index contributed by atoms with van der Waals surface area (Å²) in [6.45, 7) is 2.80. The molecule has 25 heavy (non-hydrogen) atoms. The molecular formula is C19H25N3O2S. The second kappa shape index (κ2) is 8.85. The number of hydrogen-bond acceptors (Lipinski definition) is 5. The number of aromatic nitrogens is 1. The first-order valence-electron chi connectivity index (χ1n) is 8.78. The third-order valence-corrected chi connectivity index (χ3v) is 5.43. The number of carbonyl (C=O) groups is 1. The molecule has 1 aromatic carbocycles. The minimum atomic E-state index is 0.127. The van der Waals surface area contributed by atoms with Gasteiger partial charge < -0.3 is 15.0 Å². The Morgan fingerprint density at radius 1 is 1.40 bits per heavy atom. The van der Waals surface area contributed by atoms with Crippen LogP contribution in [0.4, 0.5) is 5.13 Å². The van der Waals surface area contributed by atoms with Gasteiger partial charge in [0.15, 0.2) is 5.13 Å². The van der Waals surface area contributed by atoms with Gasteiger partial charge in [-0.1, -0.05) is 12.1 Å². The zero-order chi connectivity index (χ0) is 17.5. The number of hydrogen-bond donors (Lipinski definition) is 1. The topological polar surface area (TPSA) is 54.5 Å². The van der Waals surface area contributed by atoms with Crippen molar-refractivity contribution in [3.05, 3.63) is 41.4 Å². The Kier molecular flexibility index (Phi) is 6.28. The number of ether oxygens (including phenoxy) is 1. The zero-order valence-electron chi connectivity index (χ0n) is 14.6. The minimum Gasteiger partial charge on any atom is -0.497 e. The molecule has 1 saturated heterocycles. The van der Waals surface area contributed by atoms with Gasteiger partial charge in [0.05, 0.1) is 7.11 Å². The van der Waals surface area contributed by atoms with Gasteiger partial charge in [0.1, 0.15) is 5.75 Å². The number of carbonyl (C=O) groups excluding carboxylic acids is 1. The monoisotopic (exact) mass is 359 g/mol. The fourth-order valence-corrected chi connectivity index (χ4v) is 3.85. The minimum absolute atomic E-state index is 0.127. The number of nitrogens with one attached hydrogen (secondary N) is 1. The molecule has 1 N–H and O–H groups in total. The van der Waals surface area contributed by atoms with E-state index in [9.17, 15) is 4.79 Å². The quantitative estimate of drug-likeness (QED) is 0.825. The summed E-state index contributed by atoms with van der Waals surface area (Å²) < 4.78 is 5.15. The van der Waals surface area contributed by atoms with Crippen molar-refractivity contribution in [2.24, 2.45) is 5.92 Å². The summed E-state index contributed by atoms with van der Waals surface area (Å²) in [6.07, 6.45) is 5.46. The third-order valence-electron chi connectivity index (χ3n) is 4.60. The van der Waals surface area contributed by atoms with E-state index in [0.29, 0.717) is 12.3 Å². The standard InChI is InChI=1S/C19H25N3O2S/c1-24-17-7-4-15(5-8-17)6-9-18(23)21-13-16-3-2-11-22(14-16)19-20-10-12-25-19/h4-5,7-8,10,12,16H,2-3,6,9,11,13-14H2,1H3,(H,21,23). The van der Waals surface area contributed by atoms with Gasteiger partial charge >= 0.3 is 0 Å². The van der Waals surface area contributed by atoms with Crippen molar-refractivity contribution >= 4 is 22.4 Å². The van der Waals surface area contributed by atoms with Gasteiger partial charge in [-0.15, -0.1) is 11.3 Å². The van der Waals surface area contributed by atoms with Gasteiger partial charge in [0.2, 0.25) is 5.91 Å². The first kappa shape index (κ1) is 17.7. The molecule has 3 rings (SSSR count). The maximum Gasteiger partial charge on any atom is 0.220 e. The lowest BCUT2D eigenvalue weighted by Crippen LogP contribution is -2.41. The summed E-state index contributed by atoms with van der Waals surface area (Å²) in [5, 5.41) is 6.21. The Labute approximate surface area is 153 Å². The van der Waals surface area contributed by atoms with E-state index in [4.69, 9.17) is 4.74 Å². The highest BCUT2D eigenvalue weighted by atomic mass is 32.1. The summed E-state index contributed by atoms with van der Waals surface area (Å²) in [5.74, 6) is 1.47. The fraction of sp³-hybridized carbons (Fsp3) is 0.474. The first-order valence-corrected chi connectivity index (χ1v) is 9.66. The summed E-state index contributed by atoms with van der Waals surface area (Å²) in [6, 6.07) is 7.89. The lowest BCUT2D eigenvalue weighted by Gasteiger charge is -2.32. The largest absolute Gasteiger partial charge is 0.497 e. The highest BCUT2D eigenvalue weighted by Gasteiger charge is 2.21. The molecule has 0 radical (unpaired) electrons. The SMILES string of the molecule is COc1ccc(CCC(=O)NCC2CCCN(c3nccs3)C2)cc1. The Morgan fingerprint density at radius 3 is 2.96 bits per heavy atom. The van der Waals surface area contributed by atoms with Crippen LogP contribution in [0.5, 0.6) is 5.75 Å². The molecule has 1 aromatic heterocycles. The van der Waals surface area contributed by atoms with E-state index < -0.39 is 0 Å². The Bertz CT molecular complexity index is 658. The van der Waals surface area contributed by atoms with Crippen molar-refractivity contribution in [1.82, 2.24) is 10.3 Å². The summed E-state index contributed by atoms with van der Waals surface area (Å²) in [5.41, 5.74) is 1.16. The number of benzene rings is 1. The van der Waals surface area contributed by atoms with Gasteiger partial charge in [-0.05, 0) is 42.9 Å².